The summed E-state index contributed by atoms with van der Waals surface area (Å²) in [5, 5.41) is 2.75. The molecular weight excluding hydrogens is 358 g/mol. The van der Waals surface area contributed by atoms with E-state index in [0.717, 1.165) is 5.56 Å². The first-order valence-corrected chi connectivity index (χ1v) is 9.13. The minimum Gasteiger partial charge on any atom is -0.495 e. The highest BCUT2D eigenvalue weighted by molar-refractivity contribution is 5.97. The summed E-state index contributed by atoms with van der Waals surface area (Å²) >= 11 is 0. The highest BCUT2D eigenvalue weighted by Gasteiger charge is 2.18. The van der Waals surface area contributed by atoms with E-state index >= 15 is 0 Å². The van der Waals surface area contributed by atoms with Gasteiger partial charge >= 0.3 is 5.97 Å². The van der Waals surface area contributed by atoms with Gasteiger partial charge in [-0.3, -0.25) is 4.79 Å². The van der Waals surface area contributed by atoms with E-state index in [1.807, 2.05) is 19.1 Å². The second kappa shape index (κ2) is 9.26. The number of amides is 1. The zero-order valence-electron chi connectivity index (χ0n) is 17.0. The first-order valence-electron chi connectivity index (χ1n) is 9.13. The van der Waals surface area contributed by atoms with E-state index in [-0.39, 0.29) is 11.0 Å². The first-order chi connectivity index (χ1) is 13.3. The predicted molar refractivity (Wildman–Crippen MR) is 108 cm³/mol. The van der Waals surface area contributed by atoms with Crippen LogP contribution in [-0.4, -0.2) is 32.2 Å². The molecule has 6 heteroatoms. The molecule has 0 unspecified atom stereocenters. The fourth-order valence-electron chi connectivity index (χ4n) is 2.58. The molecule has 0 aliphatic carbocycles. The third-order valence-corrected chi connectivity index (χ3v) is 4.08. The Morgan fingerprint density at radius 2 is 1.75 bits per heavy atom. The number of nitrogens with one attached hydrogen (secondary N) is 1. The van der Waals surface area contributed by atoms with Crippen LogP contribution >= 0.6 is 0 Å². The van der Waals surface area contributed by atoms with Gasteiger partial charge in [0.1, 0.15) is 17.1 Å². The number of benzene rings is 2. The topological polar surface area (TPSA) is 73.9 Å². The van der Waals surface area contributed by atoms with Gasteiger partial charge in [-0.2, -0.15) is 0 Å². The van der Waals surface area contributed by atoms with Crippen molar-refractivity contribution in [1.82, 2.24) is 0 Å². The average Bonchev–Trinajstić information content (AvgIpc) is 2.66. The fourth-order valence-corrected chi connectivity index (χ4v) is 2.58. The lowest BCUT2D eigenvalue weighted by molar-refractivity contribution is -0.119. The molecule has 0 aliphatic heterocycles. The summed E-state index contributed by atoms with van der Waals surface area (Å²) in [6.07, 6.45) is 0. The Balaban J connectivity index is 2.06. The van der Waals surface area contributed by atoms with E-state index in [1.165, 1.54) is 7.11 Å². The van der Waals surface area contributed by atoms with Crippen molar-refractivity contribution in [3.8, 4) is 11.5 Å². The Kier molecular flexibility index (Phi) is 7.04. The molecule has 0 saturated carbocycles. The molecule has 0 heterocycles. The highest BCUT2D eigenvalue weighted by Crippen LogP contribution is 2.31. The maximum atomic E-state index is 12.3. The Labute approximate surface area is 165 Å². The van der Waals surface area contributed by atoms with Crippen LogP contribution in [0.5, 0.6) is 11.5 Å². The molecule has 150 valence electrons. The molecule has 28 heavy (non-hydrogen) atoms. The summed E-state index contributed by atoms with van der Waals surface area (Å²) in [6, 6.07) is 12.4. The number of rotatable bonds is 7. The number of esters is 1. The van der Waals surface area contributed by atoms with Crippen molar-refractivity contribution in [2.45, 2.75) is 33.1 Å². The summed E-state index contributed by atoms with van der Waals surface area (Å²) in [5.41, 5.74) is 1.78. The van der Waals surface area contributed by atoms with E-state index in [4.69, 9.17) is 14.2 Å². The third-order valence-electron chi connectivity index (χ3n) is 4.08. The van der Waals surface area contributed by atoms with Crippen molar-refractivity contribution in [2.24, 2.45) is 0 Å². The number of ether oxygens (including phenoxy) is 3. The van der Waals surface area contributed by atoms with Gasteiger partial charge in [0.15, 0.2) is 6.61 Å². The molecule has 0 fully saturated rings. The quantitative estimate of drug-likeness (QED) is 0.724. The van der Waals surface area contributed by atoms with Gasteiger partial charge in [0.25, 0.3) is 5.91 Å². The molecular formula is C22H27NO5. The number of para-hydroxylation sites is 1. The third kappa shape index (κ3) is 5.49. The van der Waals surface area contributed by atoms with E-state index < -0.39 is 18.5 Å². The molecule has 0 bridgehead atoms. The molecule has 0 spiro atoms. The minimum atomic E-state index is -0.616. The standard InChI is InChI=1S/C22H27NO5/c1-6-27-18-10-8-7-9-16(18)21(25)28-14-20(24)23-17-13-15(22(2,3)4)11-12-19(17)26-5/h7-13H,6,14H2,1-5H3,(H,23,24). The fraction of sp³-hybridized carbons (Fsp3) is 0.364. The molecule has 0 radical (unpaired) electrons. The minimum absolute atomic E-state index is 0.0821. The maximum absolute atomic E-state index is 12.3. The molecule has 2 aromatic carbocycles. The SMILES string of the molecule is CCOc1ccccc1C(=O)OCC(=O)Nc1cc(C(C)(C)C)ccc1OC. The number of carbonyl (C=O) groups excluding carboxylic acids is 2. The average molecular weight is 385 g/mol. The number of hydrogen-bond acceptors (Lipinski definition) is 5. The van der Waals surface area contributed by atoms with Crippen molar-refractivity contribution in [1.29, 1.82) is 0 Å². The molecule has 0 aliphatic rings. The van der Waals surface area contributed by atoms with E-state index in [0.29, 0.717) is 23.8 Å². The Morgan fingerprint density at radius 3 is 2.39 bits per heavy atom. The van der Waals surface area contributed by atoms with Crippen molar-refractivity contribution in [3.05, 3.63) is 53.6 Å². The molecule has 1 N–H and O–H groups in total. The van der Waals surface area contributed by atoms with Crippen LogP contribution < -0.4 is 14.8 Å². The number of methoxy groups -OCH3 is 1. The normalized spacial score (nSPS) is 10.9. The lowest BCUT2D eigenvalue weighted by Gasteiger charge is -2.21. The number of anilines is 1. The maximum Gasteiger partial charge on any atom is 0.342 e. The monoisotopic (exact) mass is 385 g/mol. The molecule has 2 aromatic rings. The van der Waals surface area contributed by atoms with Crippen LogP contribution in [0.4, 0.5) is 5.69 Å². The smallest absolute Gasteiger partial charge is 0.342 e. The number of hydrogen-bond donors (Lipinski definition) is 1. The van der Waals surface area contributed by atoms with E-state index in [9.17, 15) is 9.59 Å². The van der Waals surface area contributed by atoms with E-state index in [1.54, 1.807) is 30.3 Å². The second-order valence-corrected chi connectivity index (χ2v) is 7.22. The molecule has 0 aromatic heterocycles. The van der Waals surface area contributed by atoms with Crippen LogP contribution in [0.1, 0.15) is 43.6 Å². The van der Waals surface area contributed by atoms with E-state index in [2.05, 4.69) is 26.1 Å². The van der Waals surface area contributed by atoms with Gasteiger partial charge in [-0.1, -0.05) is 39.0 Å². The van der Waals surface area contributed by atoms with Gasteiger partial charge in [0.2, 0.25) is 0 Å². The Bertz CT molecular complexity index is 839. The van der Waals surface area contributed by atoms with Crippen LogP contribution in [0.2, 0.25) is 0 Å². The van der Waals surface area contributed by atoms with Crippen molar-refractivity contribution < 1.29 is 23.8 Å². The second-order valence-electron chi connectivity index (χ2n) is 7.22. The van der Waals surface area contributed by atoms with Gasteiger partial charge < -0.3 is 19.5 Å². The zero-order chi connectivity index (χ0) is 20.7. The van der Waals surface area contributed by atoms with Crippen LogP contribution in [-0.2, 0) is 14.9 Å². The van der Waals surface area contributed by atoms with Crippen LogP contribution in [0.25, 0.3) is 0 Å². The molecule has 1 amide bonds. The summed E-state index contributed by atoms with van der Waals surface area (Å²) in [6.45, 7) is 8.08. The largest absolute Gasteiger partial charge is 0.495 e. The van der Waals surface area contributed by atoms with Crippen molar-refractivity contribution >= 4 is 17.6 Å². The molecule has 6 nitrogen and oxygen atoms in total. The highest BCUT2D eigenvalue weighted by atomic mass is 16.5. The first kappa shape index (κ1) is 21.3. The predicted octanol–water partition coefficient (Wildman–Crippen LogP) is 4.19. The Hall–Kier alpha value is -3.02. The van der Waals surface area contributed by atoms with Gasteiger partial charge in [0.05, 0.1) is 19.4 Å². The van der Waals surface area contributed by atoms with Crippen LogP contribution in [0, 0.1) is 0 Å². The molecule has 0 atom stereocenters. The van der Waals surface area contributed by atoms with Crippen molar-refractivity contribution in [3.63, 3.8) is 0 Å². The van der Waals surface area contributed by atoms with Gasteiger partial charge in [-0.15, -0.1) is 0 Å². The van der Waals surface area contributed by atoms with Gasteiger partial charge in [-0.05, 0) is 42.2 Å². The molecule has 0 saturated heterocycles. The van der Waals surface area contributed by atoms with Gasteiger partial charge in [0, 0.05) is 0 Å². The van der Waals surface area contributed by atoms with Crippen LogP contribution in [0.15, 0.2) is 42.5 Å². The van der Waals surface area contributed by atoms with Crippen molar-refractivity contribution in [2.75, 3.05) is 25.6 Å². The lowest BCUT2D eigenvalue weighted by atomic mass is 9.87. The Morgan fingerprint density at radius 1 is 1.04 bits per heavy atom. The zero-order valence-corrected chi connectivity index (χ0v) is 17.0. The summed E-state index contributed by atoms with van der Waals surface area (Å²) in [4.78, 5) is 24.6. The van der Waals surface area contributed by atoms with Crippen LogP contribution in [0.3, 0.4) is 0 Å². The lowest BCUT2D eigenvalue weighted by Crippen LogP contribution is -2.22. The molecule has 2 rings (SSSR count). The summed E-state index contributed by atoms with van der Waals surface area (Å²) < 4.78 is 15.9. The summed E-state index contributed by atoms with van der Waals surface area (Å²) in [5.74, 6) is -0.106. The van der Waals surface area contributed by atoms with Gasteiger partial charge in [-0.25, -0.2) is 4.79 Å². The number of carbonyl (C=O) groups is 2. The summed E-state index contributed by atoms with van der Waals surface area (Å²) in [7, 11) is 1.53.